The maximum atomic E-state index is 12.4. The van der Waals surface area contributed by atoms with Gasteiger partial charge >= 0.3 is 0 Å². The molecule has 0 spiro atoms. The number of fused-ring (bicyclic) bond motifs is 1. The predicted molar refractivity (Wildman–Crippen MR) is 114 cm³/mol. The number of amides is 1. The second-order valence-corrected chi connectivity index (χ2v) is 10.4. The molecule has 8 heteroatoms. The van der Waals surface area contributed by atoms with Crippen LogP contribution in [0.25, 0.3) is 5.57 Å². The van der Waals surface area contributed by atoms with Gasteiger partial charge in [0, 0.05) is 59.8 Å². The van der Waals surface area contributed by atoms with Crippen LogP contribution in [0.3, 0.4) is 0 Å². The van der Waals surface area contributed by atoms with E-state index in [9.17, 15) is 9.00 Å². The lowest BCUT2D eigenvalue weighted by molar-refractivity contribution is -0.121. The highest BCUT2D eigenvalue weighted by atomic mass is 32.2. The molecule has 3 heterocycles. The summed E-state index contributed by atoms with van der Waals surface area (Å²) < 4.78 is 28.1. The minimum absolute atomic E-state index is 0.111. The van der Waals surface area contributed by atoms with Crippen molar-refractivity contribution >= 4 is 32.6 Å². The number of nitrogens with zero attached hydrogens (tertiary/aromatic N) is 3. The molecule has 1 saturated heterocycles. The average molecular weight is 416 g/mol. The Bertz CT molecular complexity index is 1040. The fourth-order valence-electron chi connectivity index (χ4n) is 3.69. The van der Waals surface area contributed by atoms with Gasteiger partial charge in [-0.05, 0) is 30.2 Å². The predicted octanol–water partition coefficient (Wildman–Crippen LogP) is 2.86. The number of carbonyl (C=O) groups excluding carboxylic acids is 1. The zero-order chi connectivity index (χ0) is 20.6. The normalized spacial score (nSPS) is 23.7. The summed E-state index contributed by atoms with van der Waals surface area (Å²) >= 11 is 0. The third kappa shape index (κ3) is 4.28. The van der Waals surface area contributed by atoms with E-state index in [-0.39, 0.29) is 11.8 Å². The van der Waals surface area contributed by atoms with Crippen molar-refractivity contribution in [2.24, 2.45) is 21.2 Å². The van der Waals surface area contributed by atoms with E-state index in [0.29, 0.717) is 36.3 Å². The van der Waals surface area contributed by atoms with E-state index in [1.807, 2.05) is 30.5 Å². The van der Waals surface area contributed by atoms with E-state index in [1.54, 1.807) is 30.7 Å². The van der Waals surface area contributed by atoms with Crippen LogP contribution in [0.15, 0.2) is 46.0 Å². The van der Waals surface area contributed by atoms with Gasteiger partial charge in [-0.15, -0.1) is 0 Å². The highest BCUT2D eigenvalue weighted by Crippen LogP contribution is 2.39. The summed E-state index contributed by atoms with van der Waals surface area (Å²) in [7, 11) is -0.587. The van der Waals surface area contributed by atoms with Gasteiger partial charge in [0.15, 0.2) is 0 Å². The molecule has 0 radical (unpaired) electrons. The van der Waals surface area contributed by atoms with E-state index in [4.69, 9.17) is 9.47 Å². The third-order valence-electron chi connectivity index (χ3n) is 5.09. The Labute approximate surface area is 171 Å². The van der Waals surface area contributed by atoms with E-state index in [0.717, 1.165) is 24.2 Å². The molecule has 0 bridgehead atoms. The number of ether oxygens (including phenoxy) is 2. The third-order valence-corrected chi connectivity index (χ3v) is 5.74. The molecule has 1 aromatic rings. The van der Waals surface area contributed by atoms with Crippen LogP contribution in [0.2, 0.25) is 0 Å². The van der Waals surface area contributed by atoms with Crippen molar-refractivity contribution in [2.75, 3.05) is 39.4 Å². The molecule has 3 aliphatic heterocycles. The SMILES string of the molecule is CN1C=C(c2cc(N=S(C)(C)=O)ccc2OCC2CCOC2)C2C=CN=C2C1=O. The number of benzene rings is 1. The molecule has 2 atom stereocenters. The molecule has 0 aliphatic carbocycles. The van der Waals surface area contributed by atoms with Gasteiger partial charge in [-0.3, -0.25) is 9.79 Å². The lowest BCUT2D eigenvalue weighted by atomic mass is 9.86. The summed E-state index contributed by atoms with van der Waals surface area (Å²) in [5.41, 5.74) is 2.86. The van der Waals surface area contributed by atoms with Crippen LogP contribution in [-0.2, 0) is 19.3 Å². The first-order valence-electron chi connectivity index (χ1n) is 9.57. The number of rotatable bonds is 5. The first-order chi connectivity index (χ1) is 13.8. The lowest BCUT2D eigenvalue weighted by Gasteiger charge is -2.28. The van der Waals surface area contributed by atoms with Gasteiger partial charge in [-0.2, -0.15) is 4.36 Å². The van der Waals surface area contributed by atoms with Gasteiger partial charge in [-0.25, -0.2) is 4.21 Å². The van der Waals surface area contributed by atoms with Crippen LogP contribution in [0.1, 0.15) is 12.0 Å². The van der Waals surface area contributed by atoms with Crippen molar-refractivity contribution in [2.45, 2.75) is 6.42 Å². The average Bonchev–Trinajstić information content (AvgIpc) is 3.34. The quantitative estimate of drug-likeness (QED) is 0.741. The summed E-state index contributed by atoms with van der Waals surface area (Å²) in [6, 6.07) is 5.56. The van der Waals surface area contributed by atoms with E-state index >= 15 is 0 Å². The largest absolute Gasteiger partial charge is 0.493 e. The highest BCUT2D eigenvalue weighted by Gasteiger charge is 2.35. The van der Waals surface area contributed by atoms with Crippen LogP contribution in [-0.4, -0.2) is 60.1 Å². The van der Waals surface area contributed by atoms with Crippen LogP contribution in [0.4, 0.5) is 5.69 Å². The fraction of sp³-hybridized carbons (Fsp3) is 0.429. The van der Waals surface area contributed by atoms with Crippen LogP contribution in [0.5, 0.6) is 5.75 Å². The molecule has 2 unspecified atom stereocenters. The molecule has 29 heavy (non-hydrogen) atoms. The van der Waals surface area contributed by atoms with Gasteiger partial charge in [0.2, 0.25) is 0 Å². The Balaban J connectivity index is 1.75. The first kappa shape index (κ1) is 19.8. The van der Waals surface area contributed by atoms with E-state index < -0.39 is 9.73 Å². The van der Waals surface area contributed by atoms with Crippen molar-refractivity contribution in [3.05, 3.63) is 42.2 Å². The minimum Gasteiger partial charge on any atom is -0.493 e. The number of carbonyl (C=O) groups is 1. The standard InChI is InChI=1S/C21H25N3O4S/c1-24-11-18(16-6-8-22-20(16)21(24)25)17-10-15(23-29(2,3)26)4-5-19(17)28-13-14-7-9-27-12-14/h4-6,8,10-11,14,16H,7,9,12-13H2,1-3H3. The van der Waals surface area contributed by atoms with Crippen LogP contribution < -0.4 is 4.74 Å². The summed E-state index contributed by atoms with van der Waals surface area (Å²) in [4.78, 5) is 18.2. The van der Waals surface area contributed by atoms with Crippen molar-refractivity contribution < 1.29 is 18.5 Å². The van der Waals surface area contributed by atoms with Crippen molar-refractivity contribution in [3.8, 4) is 5.75 Å². The van der Waals surface area contributed by atoms with E-state index in [2.05, 4.69) is 9.36 Å². The van der Waals surface area contributed by atoms with Crippen LogP contribution >= 0.6 is 0 Å². The molecule has 0 aromatic heterocycles. The second-order valence-electron chi connectivity index (χ2n) is 7.83. The Morgan fingerprint density at radius 3 is 2.93 bits per heavy atom. The molecule has 4 rings (SSSR count). The molecular weight excluding hydrogens is 390 g/mol. The molecule has 0 N–H and O–H groups in total. The van der Waals surface area contributed by atoms with Crippen molar-refractivity contribution in [1.82, 2.24) is 4.90 Å². The monoisotopic (exact) mass is 415 g/mol. The molecule has 7 nitrogen and oxygen atoms in total. The summed E-state index contributed by atoms with van der Waals surface area (Å²) in [6.45, 7) is 2.04. The Hall–Kier alpha value is -2.45. The maximum absolute atomic E-state index is 12.4. The summed E-state index contributed by atoms with van der Waals surface area (Å²) in [6.07, 6.45) is 9.59. The number of hydrogen-bond donors (Lipinski definition) is 0. The smallest absolute Gasteiger partial charge is 0.272 e. The molecule has 1 aromatic carbocycles. The zero-order valence-electron chi connectivity index (χ0n) is 16.8. The van der Waals surface area contributed by atoms with E-state index in [1.165, 1.54) is 0 Å². The highest BCUT2D eigenvalue weighted by molar-refractivity contribution is 7.92. The maximum Gasteiger partial charge on any atom is 0.272 e. The Kier molecular flexibility index (Phi) is 5.31. The fourth-order valence-corrected chi connectivity index (χ4v) is 4.31. The molecule has 1 fully saturated rings. The molecule has 3 aliphatic rings. The summed E-state index contributed by atoms with van der Waals surface area (Å²) in [5.74, 6) is 0.743. The van der Waals surface area contributed by atoms with Crippen LogP contribution in [0, 0.1) is 11.8 Å². The summed E-state index contributed by atoms with van der Waals surface area (Å²) in [5, 5.41) is 0. The molecule has 1 amide bonds. The molecule has 154 valence electrons. The minimum atomic E-state index is -2.30. The number of allylic oxidation sites excluding steroid dienone is 2. The Morgan fingerprint density at radius 1 is 1.38 bits per heavy atom. The topological polar surface area (TPSA) is 80.6 Å². The van der Waals surface area contributed by atoms with Crippen molar-refractivity contribution in [1.29, 1.82) is 0 Å². The van der Waals surface area contributed by atoms with Gasteiger partial charge in [0.1, 0.15) is 11.5 Å². The molecular formula is C21H25N3O4S. The van der Waals surface area contributed by atoms with Gasteiger partial charge < -0.3 is 14.4 Å². The van der Waals surface area contributed by atoms with Gasteiger partial charge in [0.25, 0.3) is 5.91 Å². The lowest BCUT2D eigenvalue weighted by Crippen LogP contribution is -2.37. The van der Waals surface area contributed by atoms with Gasteiger partial charge in [-0.1, -0.05) is 6.08 Å². The first-order valence-corrected chi connectivity index (χ1v) is 11.9. The second kappa shape index (κ2) is 7.76. The van der Waals surface area contributed by atoms with Crippen molar-refractivity contribution in [3.63, 3.8) is 0 Å². The Morgan fingerprint density at radius 2 is 2.21 bits per heavy atom. The zero-order valence-corrected chi connectivity index (χ0v) is 17.6. The molecule has 0 saturated carbocycles. The number of aliphatic imine (C=N–C) groups is 1. The van der Waals surface area contributed by atoms with Gasteiger partial charge in [0.05, 0.1) is 24.8 Å². The number of hydrogen-bond acceptors (Lipinski definition) is 6.